The van der Waals surface area contributed by atoms with E-state index in [0.717, 1.165) is 12.1 Å². The van der Waals surface area contributed by atoms with Gasteiger partial charge in [-0.15, -0.1) is 0 Å². The number of halogens is 2. The average molecular weight is 273 g/mol. The fourth-order valence-electron chi connectivity index (χ4n) is 1.99. The van der Waals surface area contributed by atoms with Gasteiger partial charge in [0.15, 0.2) is 0 Å². The van der Waals surface area contributed by atoms with Gasteiger partial charge in [0.05, 0.1) is 11.1 Å². The number of hydrogen-bond acceptors (Lipinski definition) is 4. The van der Waals surface area contributed by atoms with E-state index in [2.05, 4.69) is 10.1 Å². The largest absolute Gasteiger partial charge is 0.367 e. The first-order chi connectivity index (χ1) is 9.68. The quantitative estimate of drug-likeness (QED) is 0.778. The smallest absolute Gasteiger partial charge is 0.230 e. The van der Waals surface area contributed by atoms with E-state index < -0.39 is 11.6 Å². The Kier molecular flexibility index (Phi) is 2.90. The van der Waals surface area contributed by atoms with Gasteiger partial charge in [-0.2, -0.15) is 0 Å². The van der Waals surface area contributed by atoms with Crippen molar-refractivity contribution < 1.29 is 13.3 Å². The lowest BCUT2D eigenvalue weighted by atomic mass is 10.0. The normalized spacial score (nSPS) is 10.7. The van der Waals surface area contributed by atoms with Crippen molar-refractivity contribution in [3.05, 3.63) is 54.4 Å². The van der Waals surface area contributed by atoms with E-state index in [9.17, 15) is 8.78 Å². The van der Waals surface area contributed by atoms with Crippen molar-refractivity contribution in [2.24, 2.45) is 0 Å². The maximum absolute atomic E-state index is 13.9. The Balaban J connectivity index is 2.27. The van der Waals surface area contributed by atoms with E-state index in [4.69, 9.17) is 10.3 Å². The summed E-state index contributed by atoms with van der Waals surface area (Å²) in [6.45, 7) is 0. The average Bonchev–Trinajstić information content (AvgIpc) is 2.81. The third-order valence-corrected chi connectivity index (χ3v) is 2.87. The number of nitrogen functional groups attached to an aromatic ring is 1. The van der Waals surface area contributed by atoms with Crippen LogP contribution in [0, 0.1) is 11.6 Å². The van der Waals surface area contributed by atoms with Crippen LogP contribution in [0.4, 0.5) is 14.7 Å². The molecule has 0 aliphatic heterocycles. The number of nitrogens with zero attached hydrogens (tertiary/aromatic N) is 2. The van der Waals surface area contributed by atoms with E-state index in [1.54, 1.807) is 18.3 Å². The maximum atomic E-state index is 13.9. The first-order valence-corrected chi connectivity index (χ1v) is 5.78. The predicted octanol–water partition coefficient (Wildman–Crippen LogP) is 3.26. The fourth-order valence-corrected chi connectivity index (χ4v) is 1.99. The molecule has 1 aromatic carbocycles. The summed E-state index contributed by atoms with van der Waals surface area (Å²) in [4.78, 5) is 3.95. The standard InChI is InChI=1S/C14H9F2N3O/c15-9-4-1-5-10(16)12(9)13-11(14(17)20-19-13)8-3-2-6-18-7-8/h1-7H,17H2. The summed E-state index contributed by atoms with van der Waals surface area (Å²) in [5.41, 5.74) is 6.35. The lowest BCUT2D eigenvalue weighted by Gasteiger charge is -2.04. The molecule has 3 aromatic rings. The molecule has 0 radical (unpaired) electrons. The topological polar surface area (TPSA) is 64.9 Å². The number of anilines is 1. The van der Waals surface area contributed by atoms with E-state index in [0.29, 0.717) is 11.1 Å². The van der Waals surface area contributed by atoms with E-state index in [-0.39, 0.29) is 17.1 Å². The third-order valence-electron chi connectivity index (χ3n) is 2.87. The predicted molar refractivity (Wildman–Crippen MR) is 69.5 cm³/mol. The highest BCUT2D eigenvalue weighted by molar-refractivity contribution is 5.86. The summed E-state index contributed by atoms with van der Waals surface area (Å²) < 4.78 is 32.6. The van der Waals surface area contributed by atoms with Gasteiger partial charge in [0.1, 0.15) is 17.3 Å². The molecule has 6 heteroatoms. The van der Waals surface area contributed by atoms with Crippen LogP contribution in [0.15, 0.2) is 47.2 Å². The molecule has 100 valence electrons. The fraction of sp³-hybridized carbons (Fsp3) is 0. The van der Waals surface area contributed by atoms with Crippen molar-refractivity contribution in [1.82, 2.24) is 10.1 Å². The molecular formula is C14H9F2N3O. The summed E-state index contributed by atoms with van der Waals surface area (Å²) in [5.74, 6) is -1.48. The molecule has 0 atom stereocenters. The maximum Gasteiger partial charge on any atom is 0.230 e. The van der Waals surface area contributed by atoms with Crippen molar-refractivity contribution in [2.45, 2.75) is 0 Å². The lowest BCUT2D eigenvalue weighted by molar-refractivity contribution is 0.438. The monoisotopic (exact) mass is 273 g/mol. The van der Waals surface area contributed by atoms with Gasteiger partial charge in [-0.1, -0.05) is 17.3 Å². The van der Waals surface area contributed by atoms with Crippen LogP contribution in [0.3, 0.4) is 0 Å². The molecule has 0 fully saturated rings. The number of nitrogens with two attached hydrogens (primary N) is 1. The zero-order valence-corrected chi connectivity index (χ0v) is 10.2. The third kappa shape index (κ3) is 1.91. The first kappa shape index (κ1) is 12.3. The SMILES string of the molecule is Nc1onc(-c2c(F)cccc2F)c1-c1cccnc1. The summed E-state index contributed by atoms with van der Waals surface area (Å²) in [7, 11) is 0. The Morgan fingerprint density at radius 2 is 1.75 bits per heavy atom. The van der Waals surface area contributed by atoms with Gasteiger partial charge in [-0.3, -0.25) is 4.98 Å². The second kappa shape index (κ2) is 4.73. The molecule has 2 N–H and O–H groups in total. The van der Waals surface area contributed by atoms with E-state index in [1.165, 1.54) is 12.3 Å². The molecule has 0 aliphatic rings. The first-order valence-electron chi connectivity index (χ1n) is 5.78. The van der Waals surface area contributed by atoms with Gasteiger partial charge in [0.2, 0.25) is 5.88 Å². The Morgan fingerprint density at radius 1 is 1.00 bits per heavy atom. The molecule has 0 saturated carbocycles. The number of aromatic nitrogens is 2. The minimum atomic E-state index is -0.733. The van der Waals surface area contributed by atoms with Crippen LogP contribution in [-0.4, -0.2) is 10.1 Å². The number of hydrogen-bond donors (Lipinski definition) is 1. The highest BCUT2D eigenvalue weighted by Crippen LogP contribution is 2.37. The van der Waals surface area contributed by atoms with Crippen LogP contribution in [0.1, 0.15) is 0 Å². The molecule has 3 rings (SSSR count). The van der Waals surface area contributed by atoms with E-state index >= 15 is 0 Å². The highest BCUT2D eigenvalue weighted by atomic mass is 19.1. The molecule has 0 amide bonds. The van der Waals surface area contributed by atoms with Crippen molar-refractivity contribution in [2.75, 3.05) is 5.73 Å². The molecular weight excluding hydrogens is 264 g/mol. The van der Waals surface area contributed by atoms with Gasteiger partial charge in [-0.05, 0) is 18.2 Å². The van der Waals surface area contributed by atoms with E-state index in [1.807, 2.05) is 0 Å². The molecule has 0 spiro atoms. The molecule has 2 heterocycles. The van der Waals surface area contributed by atoms with Crippen LogP contribution in [-0.2, 0) is 0 Å². The van der Waals surface area contributed by atoms with Gasteiger partial charge >= 0.3 is 0 Å². The summed E-state index contributed by atoms with van der Waals surface area (Å²) in [5, 5.41) is 3.68. The van der Waals surface area contributed by atoms with Crippen LogP contribution in [0.5, 0.6) is 0 Å². The number of rotatable bonds is 2. The van der Waals surface area contributed by atoms with Gasteiger partial charge < -0.3 is 10.3 Å². The molecule has 0 saturated heterocycles. The van der Waals surface area contributed by atoms with Gasteiger partial charge in [0.25, 0.3) is 0 Å². The van der Waals surface area contributed by atoms with Crippen LogP contribution in [0.25, 0.3) is 22.4 Å². The zero-order chi connectivity index (χ0) is 14.1. The van der Waals surface area contributed by atoms with Crippen molar-refractivity contribution in [1.29, 1.82) is 0 Å². The Bertz CT molecular complexity index is 736. The molecule has 0 bridgehead atoms. The van der Waals surface area contributed by atoms with Gasteiger partial charge in [0, 0.05) is 18.0 Å². The van der Waals surface area contributed by atoms with Crippen molar-refractivity contribution in [3.8, 4) is 22.4 Å². The van der Waals surface area contributed by atoms with Crippen LogP contribution in [0.2, 0.25) is 0 Å². The Morgan fingerprint density at radius 3 is 2.40 bits per heavy atom. The Hall–Kier alpha value is -2.76. The van der Waals surface area contributed by atoms with Crippen LogP contribution < -0.4 is 5.73 Å². The van der Waals surface area contributed by atoms with Crippen molar-refractivity contribution in [3.63, 3.8) is 0 Å². The highest BCUT2D eigenvalue weighted by Gasteiger charge is 2.22. The summed E-state index contributed by atoms with van der Waals surface area (Å²) in [6.07, 6.45) is 3.10. The molecule has 20 heavy (non-hydrogen) atoms. The number of benzene rings is 1. The van der Waals surface area contributed by atoms with Crippen LogP contribution >= 0.6 is 0 Å². The van der Waals surface area contributed by atoms with Crippen molar-refractivity contribution >= 4 is 5.88 Å². The number of pyridine rings is 1. The molecule has 2 aromatic heterocycles. The second-order valence-electron chi connectivity index (χ2n) is 4.11. The Labute approximate surface area is 112 Å². The summed E-state index contributed by atoms with van der Waals surface area (Å²) >= 11 is 0. The zero-order valence-electron chi connectivity index (χ0n) is 10.2. The molecule has 0 aliphatic carbocycles. The molecule has 4 nitrogen and oxygen atoms in total. The summed E-state index contributed by atoms with van der Waals surface area (Å²) in [6, 6.07) is 6.97. The minimum Gasteiger partial charge on any atom is -0.367 e. The van der Waals surface area contributed by atoms with Gasteiger partial charge in [-0.25, -0.2) is 8.78 Å². The second-order valence-corrected chi connectivity index (χ2v) is 4.11. The lowest BCUT2D eigenvalue weighted by Crippen LogP contribution is -1.93. The molecule has 0 unspecified atom stereocenters. The minimum absolute atomic E-state index is 0.0179.